The molecule has 1 amide bonds. The minimum Gasteiger partial charge on any atom is -0.483 e. The summed E-state index contributed by atoms with van der Waals surface area (Å²) in [6, 6.07) is 16.3. The number of likely N-dealkylation sites (tertiary alicyclic amines) is 1. The maximum absolute atomic E-state index is 13.6. The summed E-state index contributed by atoms with van der Waals surface area (Å²) in [5.74, 6) is 0.595. The van der Waals surface area contributed by atoms with E-state index in [2.05, 4.69) is 78.7 Å². The van der Waals surface area contributed by atoms with Crippen LogP contribution in [-0.2, 0) is 17.6 Å². The first-order valence-corrected chi connectivity index (χ1v) is 16.4. The van der Waals surface area contributed by atoms with Crippen molar-refractivity contribution in [3.8, 4) is 11.1 Å². The van der Waals surface area contributed by atoms with Crippen LogP contribution in [0.15, 0.2) is 59.5 Å². The van der Waals surface area contributed by atoms with Crippen molar-refractivity contribution in [3.05, 3.63) is 86.8 Å². The zero-order valence-corrected chi connectivity index (χ0v) is 27.2. The zero-order valence-electron chi connectivity index (χ0n) is 26.4. The number of pyridine rings is 2. The number of benzene rings is 1. The van der Waals surface area contributed by atoms with Crippen molar-refractivity contribution in [1.82, 2.24) is 25.5 Å². The molecule has 4 aromatic rings. The molecule has 45 heavy (non-hydrogen) atoms. The third-order valence-electron chi connectivity index (χ3n) is 8.99. The molecule has 4 N–H and O–H groups in total. The van der Waals surface area contributed by atoms with E-state index in [4.69, 9.17) is 14.9 Å². The lowest BCUT2D eigenvalue weighted by Gasteiger charge is -2.37. The number of H-pyrrole nitrogens is 1. The quantitative estimate of drug-likeness (QED) is 0.196. The number of rotatable bonds is 8. The molecule has 3 aromatic heterocycles. The lowest BCUT2D eigenvalue weighted by atomic mass is 9.71. The number of nitrogens with one attached hydrogen (secondary N) is 3. The van der Waals surface area contributed by atoms with E-state index >= 15 is 0 Å². The van der Waals surface area contributed by atoms with Gasteiger partial charge >= 0.3 is 0 Å². The molecule has 10 heteroatoms. The molecular weight excluding hydrogens is 586 g/mol. The van der Waals surface area contributed by atoms with Gasteiger partial charge in [-0.15, -0.1) is 11.3 Å². The zero-order chi connectivity index (χ0) is 32.1. The third kappa shape index (κ3) is 8.06. The van der Waals surface area contributed by atoms with Gasteiger partial charge in [-0.25, -0.2) is 4.98 Å². The molecule has 0 radical (unpaired) electrons. The molecule has 1 fully saturated rings. The lowest BCUT2D eigenvalue weighted by molar-refractivity contribution is -0.122. The Bertz CT molecular complexity index is 1660. The Morgan fingerprint density at radius 3 is 2.51 bits per heavy atom. The summed E-state index contributed by atoms with van der Waals surface area (Å²) < 4.78 is 0. The van der Waals surface area contributed by atoms with Crippen molar-refractivity contribution in [3.63, 3.8) is 0 Å². The number of aromatic nitrogens is 2. The highest BCUT2D eigenvalue weighted by Crippen LogP contribution is 2.38. The average molecular weight is 630 g/mol. The number of hydrogen-bond acceptors (Lipinski definition) is 7. The highest BCUT2D eigenvalue weighted by molar-refractivity contribution is 7.20. The predicted molar refractivity (Wildman–Crippen MR) is 180 cm³/mol. The molecule has 0 bridgehead atoms. The van der Waals surface area contributed by atoms with Gasteiger partial charge in [-0.1, -0.05) is 45.0 Å². The number of likely N-dealkylation sites (N-methyl/N-ethyl adjacent to an activating group) is 1. The fourth-order valence-electron chi connectivity index (χ4n) is 6.28. The van der Waals surface area contributed by atoms with Gasteiger partial charge in [0.1, 0.15) is 4.83 Å². The number of amides is 1. The Hall–Kier alpha value is -3.86. The van der Waals surface area contributed by atoms with E-state index in [0.717, 1.165) is 65.8 Å². The number of carboxylic acid groups (broad SMARTS) is 1. The molecule has 9 nitrogen and oxygen atoms in total. The minimum atomic E-state index is -0.250. The maximum Gasteiger partial charge on any atom is 0.290 e. The minimum absolute atomic E-state index is 0.0540. The molecule has 2 atom stereocenters. The standard InChI is InChI=1S/C34H41N5O2S.CH2O2/c1-34(2,3)26-10-11-28-24(16-26)15-25-17-30(42-33(25)38-28)32(41)37-29(13-14-35-27-19-39(4)20-27)22-7-5-21(6-8-22)23-9-12-31(40)36-18-23;2-1-3/h5-9,12,15,17-18,26-27,29,35H,10-11,13-14,16,19-20H2,1-4H3,(H,36,40)(H,37,41);1H,(H,2,3)/t26-,29+;/m0./s1. The van der Waals surface area contributed by atoms with Crippen molar-refractivity contribution < 1.29 is 14.7 Å². The SMILES string of the molecule is CN1CC(NCC[C@@H](NC(=O)c2cc3cc4c(nc3s2)CC[C@H](C(C)(C)C)C4)c2ccc(-c3ccc(=O)[nH]c3)cc2)C1.O=CO. The van der Waals surface area contributed by atoms with Crippen LogP contribution in [0.2, 0.25) is 0 Å². The summed E-state index contributed by atoms with van der Waals surface area (Å²) in [4.78, 5) is 45.2. The Kier molecular flexibility index (Phi) is 10.2. The van der Waals surface area contributed by atoms with Crippen LogP contribution in [-0.4, -0.2) is 65.1 Å². The molecule has 6 rings (SSSR count). The first kappa shape index (κ1) is 32.5. The first-order chi connectivity index (χ1) is 21.5. The van der Waals surface area contributed by atoms with Gasteiger partial charge in [-0.2, -0.15) is 0 Å². The number of nitrogens with zero attached hydrogens (tertiary/aromatic N) is 2. The average Bonchev–Trinajstić information content (AvgIpc) is 3.41. The van der Waals surface area contributed by atoms with Crippen molar-refractivity contribution in [2.45, 2.75) is 58.5 Å². The van der Waals surface area contributed by atoms with Gasteiger partial charge in [0.05, 0.1) is 10.9 Å². The number of aryl methyl sites for hydroxylation is 1. The van der Waals surface area contributed by atoms with Crippen LogP contribution in [0.25, 0.3) is 21.3 Å². The van der Waals surface area contributed by atoms with Crippen LogP contribution in [0.5, 0.6) is 0 Å². The first-order valence-electron chi connectivity index (χ1n) is 15.6. The maximum atomic E-state index is 13.6. The van der Waals surface area contributed by atoms with E-state index in [0.29, 0.717) is 16.8 Å². The molecule has 1 saturated heterocycles. The van der Waals surface area contributed by atoms with Crippen LogP contribution in [0.1, 0.15) is 66.1 Å². The molecule has 0 spiro atoms. The van der Waals surface area contributed by atoms with Crippen LogP contribution in [0.4, 0.5) is 0 Å². The second kappa shape index (κ2) is 14.1. The summed E-state index contributed by atoms with van der Waals surface area (Å²) in [6.07, 6.45) is 5.75. The monoisotopic (exact) mass is 629 g/mol. The van der Waals surface area contributed by atoms with Gasteiger partial charge in [0.15, 0.2) is 0 Å². The Balaban J connectivity index is 0.00000128. The molecule has 1 aliphatic heterocycles. The largest absolute Gasteiger partial charge is 0.483 e. The number of fused-ring (bicyclic) bond motifs is 2. The van der Waals surface area contributed by atoms with Crippen LogP contribution < -0.4 is 16.2 Å². The van der Waals surface area contributed by atoms with E-state index in [1.54, 1.807) is 6.20 Å². The summed E-state index contributed by atoms with van der Waals surface area (Å²) in [5.41, 5.74) is 5.73. The van der Waals surface area contributed by atoms with Crippen molar-refractivity contribution in [2.24, 2.45) is 11.3 Å². The van der Waals surface area contributed by atoms with Crippen molar-refractivity contribution in [1.29, 1.82) is 0 Å². The van der Waals surface area contributed by atoms with Gasteiger partial charge < -0.3 is 25.6 Å². The Morgan fingerprint density at radius 2 is 1.87 bits per heavy atom. The summed E-state index contributed by atoms with van der Waals surface area (Å²) >= 11 is 1.49. The number of hydrogen-bond donors (Lipinski definition) is 4. The molecule has 238 valence electrons. The number of thiophene rings is 1. The highest BCUT2D eigenvalue weighted by atomic mass is 32.1. The van der Waals surface area contributed by atoms with E-state index < -0.39 is 0 Å². The molecule has 1 aromatic carbocycles. The molecule has 0 unspecified atom stereocenters. The second-order valence-corrected chi connectivity index (χ2v) is 14.3. The van der Waals surface area contributed by atoms with E-state index in [9.17, 15) is 9.59 Å². The normalized spacial score (nSPS) is 17.5. The molecular formula is C35H43N5O4S. The predicted octanol–water partition coefficient (Wildman–Crippen LogP) is 5.27. The lowest BCUT2D eigenvalue weighted by Crippen LogP contribution is -2.56. The Morgan fingerprint density at radius 1 is 1.16 bits per heavy atom. The van der Waals surface area contributed by atoms with Crippen LogP contribution >= 0.6 is 11.3 Å². The van der Waals surface area contributed by atoms with Crippen LogP contribution in [0, 0.1) is 11.3 Å². The van der Waals surface area contributed by atoms with Crippen molar-refractivity contribution in [2.75, 3.05) is 26.7 Å². The highest BCUT2D eigenvalue weighted by Gasteiger charge is 2.30. The van der Waals surface area contributed by atoms with Crippen molar-refractivity contribution >= 4 is 33.9 Å². The number of aromatic amines is 1. The van der Waals surface area contributed by atoms with E-state index in [1.165, 1.54) is 35.1 Å². The summed E-state index contributed by atoms with van der Waals surface area (Å²) in [5, 5.41) is 14.9. The summed E-state index contributed by atoms with van der Waals surface area (Å²) in [6.45, 7) is 9.67. The molecule has 2 aliphatic rings. The van der Waals surface area contributed by atoms with Gasteiger partial charge in [-0.3, -0.25) is 14.4 Å². The van der Waals surface area contributed by atoms with Gasteiger partial charge in [0.2, 0.25) is 5.56 Å². The Labute approximate surface area is 268 Å². The van der Waals surface area contributed by atoms with Crippen LogP contribution in [0.3, 0.4) is 0 Å². The van der Waals surface area contributed by atoms with Gasteiger partial charge in [0.25, 0.3) is 12.4 Å². The van der Waals surface area contributed by atoms with E-state index in [-0.39, 0.29) is 29.4 Å². The molecule has 0 saturated carbocycles. The van der Waals surface area contributed by atoms with E-state index in [1.807, 2.05) is 12.1 Å². The smallest absolute Gasteiger partial charge is 0.290 e. The third-order valence-corrected chi connectivity index (χ3v) is 10.0. The second-order valence-electron chi connectivity index (χ2n) is 13.3. The topological polar surface area (TPSA) is 127 Å². The fourth-order valence-corrected chi connectivity index (χ4v) is 7.22. The molecule has 1 aliphatic carbocycles. The summed E-state index contributed by atoms with van der Waals surface area (Å²) in [7, 11) is 2.13. The molecule has 4 heterocycles. The number of carbonyl (C=O) groups is 2. The number of carbonyl (C=O) groups excluding carboxylic acids is 1. The van der Waals surface area contributed by atoms with Gasteiger partial charge in [-0.05, 0) is 91.1 Å². The van der Waals surface area contributed by atoms with Gasteiger partial charge in [0, 0.05) is 42.5 Å². The fraction of sp³-hybridized carbons (Fsp3) is 0.429.